The molecule has 1 aliphatic heterocycles. The maximum absolute atomic E-state index is 14.5. The van der Waals surface area contributed by atoms with Gasteiger partial charge in [0.2, 0.25) is 0 Å². The van der Waals surface area contributed by atoms with Gasteiger partial charge in [-0.1, -0.05) is 0 Å². The van der Waals surface area contributed by atoms with Crippen molar-refractivity contribution in [2.75, 3.05) is 26.8 Å². The number of H-pyrrole nitrogens is 1. The molecule has 0 aliphatic carbocycles. The van der Waals surface area contributed by atoms with Crippen molar-refractivity contribution in [3.63, 3.8) is 0 Å². The third-order valence-electron chi connectivity index (χ3n) is 7.27. The Morgan fingerprint density at radius 1 is 1.02 bits per heavy atom. The number of fused-ring (bicyclic) bond motifs is 2. The molecule has 0 bridgehead atoms. The zero-order valence-corrected chi connectivity index (χ0v) is 22.2. The highest BCUT2D eigenvalue weighted by molar-refractivity contribution is 5.99. The number of amides is 2. The molecule has 0 fully saturated rings. The van der Waals surface area contributed by atoms with E-state index in [2.05, 4.69) is 15.6 Å². The topological polar surface area (TPSA) is 103 Å². The summed E-state index contributed by atoms with van der Waals surface area (Å²) in [5.74, 6) is -1.46. The Kier molecular flexibility index (Phi) is 8.11. The molecule has 1 atom stereocenters. The van der Waals surface area contributed by atoms with Crippen LogP contribution in [0.4, 0.5) is 8.78 Å². The lowest BCUT2D eigenvalue weighted by Gasteiger charge is -2.18. The SMILES string of the molecule is CNC(=O)c1cc(F)cc(-c2cc3c(c(C(=O)NCC(CO)Cc4c[nH]c5cc(F)ccc45)c2)OCCCC3)c1. The summed E-state index contributed by atoms with van der Waals surface area (Å²) in [4.78, 5) is 28.7. The fourth-order valence-electron chi connectivity index (χ4n) is 5.18. The van der Waals surface area contributed by atoms with Crippen LogP contribution in [0.3, 0.4) is 0 Å². The maximum Gasteiger partial charge on any atom is 0.255 e. The lowest BCUT2D eigenvalue weighted by molar-refractivity contribution is 0.0933. The molecule has 4 aromatic rings. The van der Waals surface area contributed by atoms with Crippen molar-refractivity contribution < 1.29 is 28.2 Å². The third kappa shape index (κ3) is 5.84. The number of aryl methyl sites for hydroxylation is 1. The van der Waals surface area contributed by atoms with Crippen LogP contribution >= 0.6 is 0 Å². The van der Waals surface area contributed by atoms with Crippen LogP contribution in [0.15, 0.2) is 54.7 Å². The van der Waals surface area contributed by atoms with Crippen molar-refractivity contribution in [3.05, 3.63) is 88.6 Å². The first-order chi connectivity index (χ1) is 19.4. The second kappa shape index (κ2) is 11.9. The zero-order valence-electron chi connectivity index (χ0n) is 22.2. The Hall–Kier alpha value is -4.24. The molecule has 208 valence electrons. The number of hydrogen-bond donors (Lipinski definition) is 4. The molecule has 1 aliphatic rings. The van der Waals surface area contributed by atoms with Gasteiger partial charge < -0.3 is 25.5 Å². The molecular formula is C31H31F2N3O4. The highest BCUT2D eigenvalue weighted by Gasteiger charge is 2.22. The standard InChI is InChI=1S/C31H31F2N3O4/c1-34-30(38)22-10-20(11-25(33)12-22)21-9-19-4-2-3-7-40-29(19)27(13-21)31(39)36-15-18(17-37)8-23-16-35-28-14-24(32)5-6-26(23)28/h5-6,9-14,16,18,35,37H,2-4,7-8,15,17H2,1H3,(H,34,38)(H,36,39). The van der Waals surface area contributed by atoms with Gasteiger partial charge in [-0.05, 0) is 96.5 Å². The molecule has 2 amide bonds. The summed E-state index contributed by atoms with van der Waals surface area (Å²) >= 11 is 0. The second-order valence-electron chi connectivity index (χ2n) is 10.1. The number of benzene rings is 3. The lowest BCUT2D eigenvalue weighted by Crippen LogP contribution is -2.32. The Morgan fingerprint density at radius 2 is 1.85 bits per heavy atom. The fourth-order valence-corrected chi connectivity index (χ4v) is 5.18. The average molecular weight is 548 g/mol. The monoisotopic (exact) mass is 547 g/mol. The minimum atomic E-state index is -0.556. The number of halogens is 2. The van der Waals surface area contributed by atoms with Crippen molar-refractivity contribution >= 4 is 22.7 Å². The zero-order chi connectivity index (χ0) is 28.2. The largest absolute Gasteiger partial charge is 0.492 e. The fraction of sp³-hybridized carbons (Fsp3) is 0.290. The van der Waals surface area contributed by atoms with Gasteiger partial charge in [-0.15, -0.1) is 0 Å². The van der Waals surface area contributed by atoms with Crippen LogP contribution < -0.4 is 15.4 Å². The van der Waals surface area contributed by atoms with Crippen molar-refractivity contribution in [3.8, 4) is 16.9 Å². The highest BCUT2D eigenvalue weighted by Crippen LogP contribution is 2.35. The Labute approximate surface area is 230 Å². The van der Waals surface area contributed by atoms with Crippen LogP contribution in [-0.2, 0) is 12.8 Å². The number of hydrogen-bond acceptors (Lipinski definition) is 4. The number of aliphatic hydroxyl groups excluding tert-OH is 1. The van der Waals surface area contributed by atoms with Crippen molar-refractivity contribution in [1.29, 1.82) is 0 Å². The van der Waals surface area contributed by atoms with Crippen LogP contribution in [-0.4, -0.2) is 48.7 Å². The van der Waals surface area contributed by atoms with Gasteiger partial charge >= 0.3 is 0 Å². The van der Waals surface area contributed by atoms with E-state index in [1.807, 2.05) is 6.07 Å². The van der Waals surface area contributed by atoms with E-state index in [1.165, 1.54) is 31.3 Å². The van der Waals surface area contributed by atoms with Gasteiger partial charge in [0.15, 0.2) is 0 Å². The van der Waals surface area contributed by atoms with Gasteiger partial charge in [0.05, 0.1) is 12.2 Å². The average Bonchev–Trinajstić information content (AvgIpc) is 3.18. The number of carbonyl (C=O) groups excluding carboxylic acids is 2. The molecule has 40 heavy (non-hydrogen) atoms. The minimum Gasteiger partial charge on any atom is -0.492 e. The summed E-state index contributed by atoms with van der Waals surface area (Å²) in [5.41, 5.74) is 4.01. The van der Waals surface area contributed by atoms with E-state index >= 15 is 0 Å². The summed E-state index contributed by atoms with van der Waals surface area (Å²) in [6.07, 6.45) is 4.68. The molecule has 2 heterocycles. The molecule has 5 rings (SSSR count). The van der Waals surface area contributed by atoms with E-state index < -0.39 is 11.7 Å². The third-order valence-corrected chi connectivity index (χ3v) is 7.27. The van der Waals surface area contributed by atoms with Crippen molar-refractivity contribution in [2.24, 2.45) is 5.92 Å². The number of rotatable bonds is 8. The van der Waals surface area contributed by atoms with Crippen molar-refractivity contribution in [1.82, 2.24) is 15.6 Å². The van der Waals surface area contributed by atoms with Crippen LogP contribution in [0, 0.1) is 17.6 Å². The van der Waals surface area contributed by atoms with E-state index in [1.54, 1.807) is 24.4 Å². The number of aliphatic hydroxyl groups is 1. The molecule has 0 radical (unpaired) electrons. The highest BCUT2D eigenvalue weighted by atomic mass is 19.1. The molecule has 0 saturated heterocycles. The van der Waals surface area contributed by atoms with Gasteiger partial charge in [-0.2, -0.15) is 0 Å². The first kappa shape index (κ1) is 27.3. The second-order valence-corrected chi connectivity index (χ2v) is 10.1. The molecule has 1 unspecified atom stereocenters. The minimum absolute atomic E-state index is 0.158. The normalized spacial score (nSPS) is 13.7. The number of nitrogens with one attached hydrogen (secondary N) is 3. The summed E-state index contributed by atoms with van der Waals surface area (Å²) in [5, 5.41) is 16.4. The van der Waals surface area contributed by atoms with Crippen LogP contribution in [0.2, 0.25) is 0 Å². The van der Waals surface area contributed by atoms with Gasteiger partial charge in [0.1, 0.15) is 17.4 Å². The van der Waals surface area contributed by atoms with Crippen molar-refractivity contribution in [2.45, 2.75) is 25.7 Å². The number of ether oxygens (including phenoxy) is 1. The van der Waals surface area contributed by atoms with Gasteiger partial charge in [0.25, 0.3) is 11.8 Å². The molecule has 7 nitrogen and oxygen atoms in total. The summed E-state index contributed by atoms with van der Waals surface area (Å²) in [6.45, 7) is 0.519. The quantitative estimate of drug-likeness (QED) is 0.255. The Bertz CT molecular complexity index is 1570. The van der Waals surface area contributed by atoms with E-state index in [0.717, 1.165) is 29.4 Å². The Morgan fingerprint density at radius 3 is 2.65 bits per heavy atom. The molecule has 0 saturated carbocycles. The van der Waals surface area contributed by atoms with E-state index in [4.69, 9.17) is 4.74 Å². The maximum atomic E-state index is 14.5. The lowest BCUT2D eigenvalue weighted by atomic mass is 9.94. The smallest absolute Gasteiger partial charge is 0.255 e. The molecular weight excluding hydrogens is 516 g/mol. The van der Waals surface area contributed by atoms with Crippen LogP contribution in [0.25, 0.3) is 22.0 Å². The first-order valence-corrected chi connectivity index (χ1v) is 13.3. The van der Waals surface area contributed by atoms with E-state index in [9.17, 15) is 23.5 Å². The molecule has 0 spiro atoms. The van der Waals surface area contributed by atoms with Gasteiger partial charge in [-0.25, -0.2) is 8.78 Å². The molecule has 1 aromatic heterocycles. The van der Waals surface area contributed by atoms with Gasteiger partial charge in [-0.3, -0.25) is 9.59 Å². The molecule has 3 aromatic carbocycles. The first-order valence-electron chi connectivity index (χ1n) is 13.3. The Balaban J connectivity index is 1.41. The summed E-state index contributed by atoms with van der Waals surface area (Å²) in [7, 11) is 1.48. The number of carbonyl (C=O) groups is 2. The predicted octanol–water partition coefficient (Wildman–Crippen LogP) is 4.77. The van der Waals surface area contributed by atoms with E-state index in [0.29, 0.717) is 47.4 Å². The molecule has 4 N–H and O–H groups in total. The van der Waals surface area contributed by atoms with Crippen LogP contribution in [0.5, 0.6) is 5.75 Å². The summed E-state index contributed by atoms with van der Waals surface area (Å²) < 4.78 is 34.0. The van der Waals surface area contributed by atoms with Crippen LogP contribution in [0.1, 0.15) is 44.7 Å². The predicted molar refractivity (Wildman–Crippen MR) is 149 cm³/mol. The summed E-state index contributed by atoms with van der Waals surface area (Å²) in [6, 6.07) is 12.2. The number of aromatic amines is 1. The number of aromatic nitrogens is 1. The van der Waals surface area contributed by atoms with Gasteiger partial charge in [0, 0.05) is 48.8 Å². The molecule has 9 heteroatoms. The van der Waals surface area contributed by atoms with E-state index in [-0.39, 0.29) is 36.4 Å².